The molecule has 10 rings (SSSR count). The van der Waals surface area contributed by atoms with Crippen molar-refractivity contribution in [2.45, 2.75) is 66.7 Å². The number of phenolic OH excluding ortho intramolecular Hbond substituents is 2. The third-order valence-corrected chi connectivity index (χ3v) is 12.6. The summed E-state index contributed by atoms with van der Waals surface area (Å²) in [6.07, 6.45) is 5.21. The van der Waals surface area contributed by atoms with E-state index in [1.807, 2.05) is 24.3 Å². The number of aromatic amines is 2. The highest BCUT2D eigenvalue weighted by Gasteiger charge is 2.29. The Hall–Kier alpha value is -8.66. The normalized spacial score (nSPS) is 13.6. The number of ether oxygens (including phenoxy) is 1. The number of aromatic nitrogens is 4. The average molecular weight is 939 g/mol. The van der Waals surface area contributed by atoms with Gasteiger partial charge < -0.3 is 19.4 Å². The number of esters is 1. The molecule has 0 saturated heterocycles. The molecule has 4 N–H and O–H groups in total. The van der Waals surface area contributed by atoms with Crippen molar-refractivity contribution in [1.29, 1.82) is 0 Å². The Morgan fingerprint density at radius 3 is 1.84 bits per heavy atom. The monoisotopic (exact) mass is 938 g/mol. The van der Waals surface area contributed by atoms with E-state index in [9.17, 15) is 29.4 Å². The first kappa shape index (κ1) is 46.5. The highest BCUT2D eigenvalue weighted by Crippen LogP contribution is 2.41. The Labute approximate surface area is 401 Å². The van der Waals surface area contributed by atoms with Crippen LogP contribution in [0.5, 0.6) is 11.5 Å². The first-order valence-electron chi connectivity index (χ1n) is 22.7. The van der Waals surface area contributed by atoms with Crippen molar-refractivity contribution in [1.82, 2.24) is 19.6 Å². The molecular weight excluding hydrogens is 889 g/mol. The van der Waals surface area contributed by atoms with Crippen LogP contribution in [0.1, 0.15) is 81.7 Å². The maximum Gasteiger partial charge on any atom is 0.373 e. The molecule has 0 unspecified atom stereocenters. The fourth-order valence-electron chi connectivity index (χ4n) is 9.02. The van der Waals surface area contributed by atoms with Crippen molar-refractivity contribution >= 4 is 34.5 Å². The van der Waals surface area contributed by atoms with Crippen LogP contribution in [0, 0.1) is 19.3 Å². The number of aryl methyl sites for hydroxylation is 4. The second-order valence-corrected chi connectivity index (χ2v) is 18.3. The standard InChI is InChI=1S/C29H28N4O3.C25H22N4O5/c1-17-26(28(36)33(32-17)23-12-11-21-15-29(3,4)16-22(21)14-23)31-30-25-10-6-9-24(27(25)35)20-8-5-7-19(13-20)18(2)34;1-14-22(24(31)29(28-14)17-10-9-15-5-3-6-16(15)13-17)27-26-19-8-4-7-18(23(19)30)20-11-12-21(34-20)25(32)33-2/h5-14,32,35H,15-16H2,1-4H3;4,7-13,28,30H,3,5-6H2,1-2H3. The molecule has 2 aliphatic rings. The summed E-state index contributed by atoms with van der Waals surface area (Å²) in [5.74, 6) is -0.658. The van der Waals surface area contributed by atoms with Gasteiger partial charge >= 0.3 is 5.97 Å². The number of ketones is 1. The van der Waals surface area contributed by atoms with Crippen molar-refractivity contribution in [3.05, 3.63) is 175 Å². The zero-order valence-electron chi connectivity index (χ0n) is 39.5. The second-order valence-electron chi connectivity index (χ2n) is 18.3. The van der Waals surface area contributed by atoms with Crippen molar-refractivity contribution < 1.29 is 29.0 Å². The summed E-state index contributed by atoms with van der Waals surface area (Å²) in [5, 5.41) is 44.4. The predicted octanol–water partition coefficient (Wildman–Crippen LogP) is 11.7. The molecule has 0 saturated carbocycles. The molecule has 0 bridgehead atoms. The van der Waals surface area contributed by atoms with E-state index in [0.29, 0.717) is 33.6 Å². The number of fused-ring (bicyclic) bond motifs is 2. The fraction of sp³-hybridized carbons (Fsp3) is 0.222. The quantitative estimate of drug-likeness (QED) is 0.0585. The number of hydrogen-bond acceptors (Lipinski definition) is 12. The molecular formula is C54H50N8O8. The van der Waals surface area contributed by atoms with Crippen molar-refractivity contribution in [2.75, 3.05) is 7.11 Å². The van der Waals surface area contributed by atoms with E-state index in [1.54, 1.807) is 74.5 Å². The summed E-state index contributed by atoms with van der Waals surface area (Å²) in [6, 6.07) is 32.1. The molecule has 0 fully saturated rings. The number of azo groups is 2. The van der Waals surface area contributed by atoms with E-state index in [1.165, 1.54) is 51.7 Å². The molecule has 3 heterocycles. The van der Waals surface area contributed by atoms with Crippen LogP contribution in [0.25, 0.3) is 33.8 Å². The molecule has 3 aromatic heterocycles. The molecule has 16 heteroatoms. The number of furan rings is 1. The topological polar surface area (TPSA) is 222 Å². The lowest BCUT2D eigenvalue weighted by molar-refractivity contribution is 0.0566. The molecule has 0 aliphatic heterocycles. The Balaban J connectivity index is 0.000000174. The summed E-state index contributed by atoms with van der Waals surface area (Å²) < 4.78 is 13.1. The van der Waals surface area contributed by atoms with Crippen LogP contribution in [0.15, 0.2) is 144 Å². The Morgan fingerprint density at radius 1 is 0.657 bits per heavy atom. The van der Waals surface area contributed by atoms with Gasteiger partial charge in [0, 0.05) is 11.1 Å². The van der Waals surface area contributed by atoms with Gasteiger partial charge in [-0.3, -0.25) is 24.6 Å². The van der Waals surface area contributed by atoms with E-state index in [0.717, 1.165) is 43.5 Å². The number of carbonyl (C=O) groups is 2. The first-order chi connectivity index (χ1) is 33.6. The Bertz CT molecular complexity index is 3550. The van der Waals surface area contributed by atoms with Gasteiger partial charge in [-0.1, -0.05) is 62.4 Å². The van der Waals surface area contributed by atoms with E-state index in [2.05, 4.69) is 67.4 Å². The molecule has 5 aromatic carbocycles. The van der Waals surface area contributed by atoms with Gasteiger partial charge in [-0.2, -0.15) is 0 Å². The number of para-hydroxylation sites is 2. The molecule has 8 aromatic rings. The van der Waals surface area contributed by atoms with Gasteiger partial charge in [0.1, 0.15) is 17.1 Å². The highest BCUT2D eigenvalue weighted by atomic mass is 16.5. The summed E-state index contributed by atoms with van der Waals surface area (Å²) in [4.78, 5) is 49.6. The van der Waals surface area contributed by atoms with Crippen LogP contribution in [-0.2, 0) is 30.4 Å². The Kier molecular flexibility index (Phi) is 12.5. The summed E-state index contributed by atoms with van der Waals surface area (Å²) >= 11 is 0. The fourth-order valence-corrected chi connectivity index (χ4v) is 9.02. The van der Waals surface area contributed by atoms with Gasteiger partial charge in [0.25, 0.3) is 11.1 Å². The van der Waals surface area contributed by atoms with Gasteiger partial charge in [0.2, 0.25) is 5.76 Å². The van der Waals surface area contributed by atoms with Crippen LogP contribution < -0.4 is 11.1 Å². The van der Waals surface area contributed by atoms with E-state index in [-0.39, 0.29) is 68.1 Å². The maximum atomic E-state index is 13.2. The third kappa shape index (κ3) is 9.18. The van der Waals surface area contributed by atoms with Crippen LogP contribution >= 0.6 is 0 Å². The minimum Gasteiger partial charge on any atom is -0.505 e. The van der Waals surface area contributed by atoms with Crippen molar-refractivity contribution in [3.63, 3.8) is 0 Å². The third-order valence-electron chi connectivity index (χ3n) is 12.6. The molecule has 16 nitrogen and oxygen atoms in total. The number of aromatic hydroxyl groups is 2. The van der Waals surface area contributed by atoms with Crippen LogP contribution in [-0.4, -0.2) is 48.6 Å². The molecule has 2 aliphatic carbocycles. The van der Waals surface area contributed by atoms with Crippen molar-refractivity contribution in [3.8, 4) is 45.3 Å². The van der Waals surface area contributed by atoms with Gasteiger partial charge in [0.05, 0.1) is 35.4 Å². The smallest absolute Gasteiger partial charge is 0.373 e. The molecule has 354 valence electrons. The molecule has 0 radical (unpaired) electrons. The number of methoxy groups -OCH3 is 1. The van der Waals surface area contributed by atoms with E-state index >= 15 is 0 Å². The number of Topliss-reactive ketones (excluding diaryl/α,β-unsaturated/α-hetero) is 1. The second kappa shape index (κ2) is 18.8. The van der Waals surface area contributed by atoms with Gasteiger partial charge in [-0.05, 0) is 147 Å². The molecule has 0 atom stereocenters. The number of carbonyl (C=O) groups excluding carboxylic acids is 2. The van der Waals surface area contributed by atoms with Gasteiger partial charge in [0.15, 0.2) is 28.7 Å². The number of nitrogens with one attached hydrogen (secondary N) is 2. The van der Waals surface area contributed by atoms with Crippen LogP contribution in [0.3, 0.4) is 0 Å². The Morgan fingerprint density at radius 2 is 1.21 bits per heavy atom. The minimum absolute atomic E-state index is 0.0129. The number of nitrogens with zero attached hydrogens (tertiary/aromatic N) is 6. The molecule has 70 heavy (non-hydrogen) atoms. The summed E-state index contributed by atoms with van der Waals surface area (Å²) in [6.45, 7) is 9.51. The summed E-state index contributed by atoms with van der Waals surface area (Å²) in [7, 11) is 1.25. The SMILES string of the molecule is CC(=O)c1cccc(-c2cccc(N=Nc3c(C)[nH]n(-c4ccc5c(c4)CC(C)(C)C5)c3=O)c2O)c1.COC(=O)c1ccc(-c2cccc(N=Nc3c(C)[nH]n(-c4ccc5c(c4)CCC5)c3=O)c2O)o1. The van der Waals surface area contributed by atoms with Crippen LogP contribution in [0.4, 0.5) is 22.7 Å². The van der Waals surface area contributed by atoms with Crippen LogP contribution in [0.2, 0.25) is 0 Å². The average Bonchev–Trinajstić information content (AvgIpc) is 4.19. The lowest BCUT2D eigenvalue weighted by Gasteiger charge is -2.14. The van der Waals surface area contributed by atoms with Gasteiger partial charge in [-0.25, -0.2) is 14.2 Å². The van der Waals surface area contributed by atoms with E-state index in [4.69, 9.17) is 4.42 Å². The predicted molar refractivity (Wildman–Crippen MR) is 265 cm³/mol. The van der Waals surface area contributed by atoms with E-state index < -0.39 is 5.97 Å². The maximum absolute atomic E-state index is 13.2. The molecule has 0 spiro atoms. The zero-order valence-corrected chi connectivity index (χ0v) is 39.5. The zero-order chi connectivity index (χ0) is 49.4. The number of benzene rings is 5. The number of H-pyrrole nitrogens is 2. The number of hydrogen-bond donors (Lipinski definition) is 4. The first-order valence-corrected chi connectivity index (χ1v) is 22.7. The summed E-state index contributed by atoms with van der Waals surface area (Å²) in [5.41, 5.74) is 10.2. The molecule has 0 amide bonds. The number of rotatable bonds is 10. The number of phenols is 2. The highest BCUT2D eigenvalue weighted by molar-refractivity contribution is 5.95. The minimum atomic E-state index is -0.621. The lowest BCUT2D eigenvalue weighted by Crippen LogP contribution is -2.14. The lowest BCUT2D eigenvalue weighted by atomic mass is 9.90. The van der Waals surface area contributed by atoms with Crippen molar-refractivity contribution in [2.24, 2.45) is 25.9 Å². The van der Waals surface area contributed by atoms with Gasteiger partial charge in [-0.15, -0.1) is 20.5 Å². The largest absolute Gasteiger partial charge is 0.505 e.